The number of nitrogens with two attached hydrogens (primary N) is 1. The number of hydrogen-bond donors (Lipinski definition) is 2. The van der Waals surface area contributed by atoms with E-state index in [1.54, 1.807) is 0 Å². The van der Waals surface area contributed by atoms with Gasteiger partial charge in [-0.3, -0.25) is 5.84 Å². The summed E-state index contributed by atoms with van der Waals surface area (Å²) in [7, 11) is -4.35. The molecule has 0 unspecified atom stereocenters. The molecule has 0 saturated heterocycles. The maximum absolute atomic E-state index is 10.4. The van der Waals surface area contributed by atoms with Crippen LogP contribution in [0.3, 0.4) is 0 Å². The standard InChI is InChI=1S/C6H8N2O3S.K/c7-8-5-1-3-6(4-2-5)12(9,10)11;/h1-4,8H,7H2,(H,9,10,11);/q;+1/p-1. The van der Waals surface area contributed by atoms with Crippen molar-refractivity contribution in [2.75, 3.05) is 5.43 Å². The minimum Gasteiger partial charge on any atom is -0.744 e. The molecule has 5 nitrogen and oxygen atoms in total. The van der Waals surface area contributed by atoms with E-state index < -0.39 is 10.1 Å². The summed E-state index contributed by atoms with van der Waals surface area (Å²) < 4.78 is 31.3. The van der Waals surface area contributed by atoms with Gasteiger partial charge < -0.3 is 9.98 Å². The molecule has 0 amide bonds. The molecule has 1 aromatic rings. The van der Waals surface area contributed by atoms with E-state index in [2.05, 4.69) is 5.43 Å². The molecule has 1 aromatic carbocycles. The first kappa shape index (κ1) is 13.5. The van der Waals surface area contributed by atoms with Crippen molar-refractivity contribution in [1.82, 2.24) is 0 Å². The van der Waals surface area contributed by atoms with Gasteiger partial charge in [-0.1, -0.05) is 0 Å². The van der Waals surface area contributed by atoms with E-state index in [4.69, 9.17) is 5.84 Å². The Balaban J connectivity index is 0.00000144. The van der Waals surface area contributed by atoms with Gasteiger partial charge in [0.15, 0.2) is 0 Å². The largest absolute Gasteiger partial charge is 1.00 e. The molecule has 0 aliphatic carbocycles. The van der Waals surface area contributed by atoms with E-state index in [0.29, 0.717) is 5.69 Å². The Morgan fingerprint density at radius 1 is 1.23 bits per heavy atom. The van der Waals surface area contributed by atoms with Crippen LogP contribution in [-0.2, 0) is 10.1 Å². The van der Waals surface area contributed by atoms with Gasteiger partial charge in [-0.2, -0.15) is 0 Å². The predicted octanol–water partition coefficient (Wildman–Crippen LogP) is -3.12. The van der Waals surface area contributed by atoms with Crippen molar-refractivity contribution >= 4 is 15.8 Å². The van der Waals surface area contributed by atoms with Crippen LogP contribution in [0.15, 0.2) is 29.2 Å². The summed E-state index contributed by atoms with van der Waals surface area (Å²) in [5, 5.41) is 0. The van der Waals surface area contributed by atoms with Gasteiger partial charge in [-0.25, -0.2) is 8.42 Å². The van der Waals surface area contributed by atoms with Crippen molar-refractivity contribution in [2.45, 2.75) is 4.90 Å². The molecule has 0 bridgehead atoms. The summed E-state index contributed by atoms with van der Waals surface area (Å²) in [6.07, 6.45) is 0. The van der Waals surface area contributed by atoms with Gasteiger partial charge >= 0.3 is 51.4 Å². The van der Waals surface area contributed by atoms with E-state index in [0.717, 1.165) is 0 Å². The van der Waals surface area contributed by atoms with Gasteiger partial charge in [0.2, 0.25) is 0 Å². The first-order chi connectivity index (χ1) is 5.54. The number of anilines is 1. The van der Waals surface area contributed by atoms with Crippen LogP contribution in [0.1, 0.15) is 0 Å². The van der Waals surface area contributed by atoms with Crippen LogP contribution in [0.25, 0.3) is 0 Å². The average Bonchev–Trinajstić information content (AvgIpc) is 2.03. The fourth-order valence-corrected chi connectivity index (χ4v) is 1.19. The summed E-state index contributed by atoms with van der Waals surface area (Å²) in [6.45, 7) is 0. The molecule has 3 N–H and O–H groups in total. The molecule has 7 heteroatoms. The Kier molecular flexibility index (Phi) is 5.64. The minimum absolute atomic E-state index is 0. The Bertz CT molecular complexity index is 362. The Morgan fingerprint density at radius 3 is 2.00 bits per heavy atom. The molecule has 0 atom stereocenters. The number of rotatable bonds is 2. The quantitative estimate of drug-likeness (QED) is 0.241. The predicted molar refractivity (Wildman–Crippen MR) is 42.2 cm³/mol. The van der Waals surface area contributed by atoms with Crippen LogP contribution in [0.2, 0.25) is 0 Å². The summed E-state index contributed by atoms with van der Waals surface area (Å²) in [5.41, 5.74) is 2.85. The zero-order chi connectivity index (χ0) is 9.19. The van der Waals surface area contributed by atoms with Crippen LogP contribution in [-0.4, -0.2) is 13.0 Å². The zero-order valence-corrected chi connectivity index (χ0v) is 11.0. The molecule has 0 aliphatic rings. The third-order valence-corrected chi connectivity index (χ3v) is 2.16. The fraction of sp³-hybridized carbons (Fsp3) is 0. The fourth-order valence-electron chi connectivity index (χ4n) is 0.718. The molecule has 0 saturated carbocycles. The molecule has 0 aliphatic heterocycles. The van der Waals surface area contributed by atoms with E-state index in [1.165, 1.54) is 24.3 Å². The first-order valence-electron chi connectivity index (χ1n) is 3.06. The van der Waals surface area contributed by atoms with Gasteiger partial charge in [0.05, 0.1) is 4.90 Å². The molecule has 0 heterocycles. The van der Waals surface area contributed by atoms with Gasteiger partial charge in [0.1, 0.15) is 10.1 Å². The zero-order valence-electron chi connectivity index (χ0n) is 7.02. The van der Waals surface area contributed by atoms with Crippen LogP contribution in [0, 0.1) is 0 Å². The smallest absolute Gasteiger partial charge is 0.744 e. The summed E-state index contributed by atoms with van der Waals surface area (Å²) in [6, 6.07) is 5.20. The molecule has 1 rings (SSSR count). The third kappa shape index (κ3) is 4.04. The number of nitrogens with one attached hydrogen (secondary N) is 1. The Labute approximate surface area is 119 Å². The van der Waals surface area contributed by atoms with Gasteiger partial charge in [0, 0.05) is 5.69 Å². The molecule has 66 valence electrons. The van der Waals surface area contributed by atoms with Crippen molar-refractivity contribution in [3.63, 3.8) is 0 Å². The van der Waals surface area contributed by atoms with E-state index in [9.17, 15) is 13.0 Å². The second-order valence-electron chi connectivity index (χ2n) is 2.12. The summed E-state index contributed by atoms with van der Waals surface area (Å²) >= 11 is 0. The number of benzene rings is 1. The first-order valence-corrected chi connectivity index (χ1v) is 4.47. The van der Waals surface area contributed by atoms with Gasteiger partial charge in [-0.15, -0.1) is 0 Å². The van der Waals surface area contributed by atoms with E-state index in [1.807, 2.05) is 0 Å². The van der Waals surface area contributed by atoms with Gasteiger partial charge in [-0.05, 0) is 24.3 Å². The van der Waals surface area contributed by atoms with Crippen molar-refractivity contribution in [2.24, 2.45) is 5.84 Å². The minimum atomic E-state index is -4.35. The second kappa shape index (κ2) is 5.42. The third-order valence-electron chi connectivity index (χ3n) is 1.31. The second-order valence-corrected chi connectivity index (χ2v) is 3.50. The molecule has 13 heavy (non-hydrogen) atoms. The Morgan fingerprint density at radius 2 is 1.69 bits per heavy atom. The van der Waals surface area contributed by atoms with Crippen LogP contribution >= 0.6 is 0 Å². The van der Waals surface area contributed by atoms with Crippen molar-refractivity contribution < 1.29 is 64.4 Å². The maximum atomic E-state index is 10.4. The normalized spacial score (nSPS) is 10.3. The summed E-state index contributed by atoms with van der Waals surface area (Å²) in [4.78, 5) is -0.262. The molecular formula is C6H7KN2O3S. The van der Waals surface area contributed by atoms with Crippen molar-refractivity contribution in [3.8, 4) is 0 Å². The number of nitrogen functional groups attached to an aromatic ring is 1. The molecule has 0 aromatic heterocycles. The van der Waals surface area contributed by atoms with E-state index in [-0.39, 0.29) is 56.3 Å². The summed E-state index contributed by atoms with van der Waals surface area (Å²) in [5.74, 6) is 5.03. The topological polar surface area (TPSA) is 95.2 Å². The average molecular weight is 226 g/mol. The monoisotopic (exact) mass is 226 g/mol. The van der Waals surface area contributed by atoms with Crippen LogP contribution < -0.4 is 62.7 Å². The Hall–Kier alpha value is 0.526. The van der Waals surface area contributed by atoms with Crippen LogP contribution in [0.5, 0.6) is 0 Å². The molecule has 0 radical (unpaired) electrons. The molecule has 0 spiro atoms. The molecular weight excluding hydrogens is 219 g/mol. The number of hydrogen-bond acceptors (Lipinski definition) is 5. The van der Waals surface area contributed by atoms with Crippen LogP contribution in [0.4, 0.5) is 5.69 Å². The van der Waals surface area contributed by atoms with Crippen molar-refractivity contribution in [1.29, 1.82) is 0 Å². The maximum Gasteiger partial charge on any atom is 1.00 e. The van der Waals surface area contributed by atoms with E-state index >= 15 is 0 Å². The number of hydrazine groups is 1. The molecule has 0 fully saturated rings. The van der Waals surface area contributed by atoms with Gasteiger partial charge in [0.25, 0.3) is 0 Å². The SMILES string of the molecule is NNc1ccc(S(=O)(=O)[O-])cc1.[K+]. The van der Waals surface area contributed by atoms with Crippen molar-refractivity contribution in [3.05, 3.63) is 24.3 Å².